The summed E-state index contributed by atoms with van der Waals surface area (Å²) in [5, 5.41) is 16.2. The summed E-state index contributed by atoms with van der Waals surface area (Å²) >= 11 is 0. The lowest BCUT2D eigenvalue weighted by Crippen LogP contribution is -2.45. The van der Waals surface area contributed by atoms with Crippen LogP contribution in [0.1, 0.15) is 47.6 Å². The maximum atomic E-state index is 14.1. The number of hydrogen-bond acceptors (Lipinski definition) is 7. The summed E-state index contributed by atoms with van der Waals surface area (Å²) in [6, 6.07) is 23.2. The van der Waals surface area contributed by atoms with Crippen molar-refractivity contribution in [2.75, 3.05) is 11.4 Å². The first kappa shape index (κ1) is 26.9. The molecule has 1 aliphatic carbocycles. The van der Waals surface area contributed by atoms with Gasteiger partial charge in [0.2, 0.25) is 0 Å². The summed E-state index contributed by atoms with van der Waals surface area (Å²) in [4.78, 5) is 41.8. The van der Waals surface area contributed by atoms with Gasteiger partial charge in [0, 0.05) is 5.92 Å². The van der Waals surface area contributed by atoms with Crippen molar-refractivity contribution in [1.82, 2.24) is 10.0 Å². The number of rotatable bonds is 5. The number of benzene rings is 3. The zero-order valence-electron chi connectivity index (χ0n) is 24.1. The Morgan fingerprint density at radius 2 is 1.58 bits per heavy atom. The van der Waals surface area contributed by atoms with Gasteiger partial charge >= 0.3 is 0 Å². The summed E-state index contributed by atoms with van der Waals surface area (Å²) in [6.07, 6.45) is 4.99. The number of amides is 3. The molecule has 3 aromatic rings. The summed E-state index contributed by atoms with van der Waals surface area (Å²) < 4.78 is 0. The molecule has 9 nitrogen and oxygen atoms in total. The number of para-hydroxylation sites is 1. The molecule has 3 heterocycles. The van der Waals surface area contributed by atoms with Crippen LogP contribution in [0.25, 0.3) is 6.08 Å². The summed E-state index contributed by atoms with van der Waals surface area (Å²) in [5.74, 6) is -1.11. The molecule has 4 aliphatic rings. The van der Waals surface area contributed by atoms with Gasteiger partial charge in [-0.2, -0.15) is 10.2 Å². The van der Waals surface area contributed by atoms with Crippen molar-refractivity contribution in [3.05, 3.63) is 107 Å². The van der Waals surface area contributed by atoms with Crippen molar-refractivity contribution >= 4 is 35.2 Å². The van der Waals surface area contributed by atoms with E-state index in [4.69, 9.17) is 5.10 Å². The van der Waals surface area contributed by atoms with Crippen LogP contribution < -0.4 is 4.90 Å². The Morgan fingerprint density at radius 3 is 2.30 bits per heavy atom. The number of carbonyl (C=O) groups excluding carboxylic acids is 3. The second-order valence-corrected chi connectivity index (χ2v) is 11.7. The summed E-state index contributed by atoms with van der Waals surface area (Å²) in [5.41, 5.74) is 7.03. The Bertz CT molecular complexity index is 1680. The molecule has 2 fully saturated rings. The SMILES string of the molecule is Cc1ccc(/C=C2/CCCC3C2=NN(C(=O)CN2N=NC4C(=O)N(c5ccccc5)C(=O)C42)C3c2ccc(C)cc2)cc1. The Labute approximate surface area is 250 Å². The molecule has 3 amide bonds. The van der Waals surface area contributed by atoms with E-state index in [2.05, 4.69) is 71.9 Å². The molecule has 0 spiro atoms. The van der Waals surface area contributed by atoms with Crippen LogP contribution in [0.2, 0.25) is 0 Å². The molecule has 1 saturated heterocycles. The molecule has 1 saturated carbocycles. The quantitative estimate of drug-likeness (QED) is 0.381. The van der Waals surface area contributed by atoms with Gasteiger partial charge in [0.15, 0.2) is 12.1 Å². The number of fused-ring (bicyclic) bond motifs is 2. The number of carbonyl (C=O) groups is 3. The van der Waals surface area contributed by atoms with Crippen molar-refractivity contribution in [3.63, 3.8) is 0 Å². The van der Waals surface area contributed by atoms with Crippen LogP contribution in [0.15, 0.2) is 99.9 Å². The Balaban J connectivity index is 1.19. The van der Waals surface area contributed by atoms with Crippen LogP contribution in [0.4, 0.5) is 5.69 Å². The third kappa shape index (κ3) is 4.74. The minimum absolute atomic E-state index is 0.0494. The third-order valence-corrected chi connectivity index (χ3v) is 8.76. The molecule has 7 rings (SSSR count). The van der Waals surface area contributed by atoms with Gasteiger partial charge in [-0.3, -0.25) is 19.4 Å². The first-order valence-electron chi connectivity index (χ1n) is 14.7. The number of hydrazone groups is 1. The van der Waals surface area contributed by atoms with Gasteiger partial charge in [0.25, 0.3) is 17.7 Å². The first-order valence-corrected chi connectivity index (χ1v) is 14.7. The molecule has 9 heteroatoms. The lowest BCUT2D eigenvalue weighted by atomic mass is 9.77. The van der Waals surface area contributed by atoms with Gasteiger partial charge in [-0.25, -0.2) is 9.91 Å². The van der Waals surface area contributed by atoms with Crippen molar-refractivity contribution < 1.29 is 14.4 Å². The molecule has 0 bridgehead atoms. The first-order chi connectivity index (χ1) is 20.9. The maximum absolute atomic E-state index is 14.1. The van der Waals surface area contributed by atoms with E-state index < -0.39 is 23.9 Å². The molecule has 4 unspecified atom stereocenters. The van der Waals surface area contributed by atoms with E-state index in [1.807, 2.05) is 13.0 Å². The molecule has 43 heavy (non-hydrogen) atoms. The second-order valence-electron chi connectivity index (χ2n) is 11.7. The van der Waals surface area contributed by atoms with Crippen LogP contribution in [-0.2, 0) is 14.4 Å². The lowest BCUT2D eigenvalue weighted by Gasteiger charge is -2.30. The molecule has 0 aromatic heterocycles. The van der Waals surface area contributed by atoms with E-state index in [1.54, 1.807) is 29.3 Å². The van der Waals surface area contributed by atoms with Crippen molar-refractivity contribution in [1.29, 1.82) is 0 Å². The number of hydrogen-bond donors (Lipinski definition) is 0. The predicted octanol–water partition coefficient (Wildman–Crippen LogP) is 5.42. The number of imide groups is 1. The number of anilines is 1. The van der Waals surface area contributed by atoms with Gasteiger partial charge in [-0.05, 0) is 68.0 Å². The number of nitrogens with zero attached hydrogens (tertiary/aromatic N) is 6. The number of allylic oxidation sites excluding steroid dienone is 1. The highest BCUT2D eigenvalue weighted by molar-refractivity contribution is 6.25. The highest BCUT2D eigenvalue weighted by Crippen LogP contribution is 2.45. The third-order valence-electron chi connectivity index (χ3n) is 8.76. The van der Waals surface area contributed by atoms with E-state index in [-0.39, 0.29) is 24.4 Å². The highest BCUT2D eigenvalue weighted by atomic mass is 16.2. The predicted molar refractivity (Wildman–Crippen MR) is 163 cm³/mol. The largest absolute Gasteiger partial charge is 0.271 e. The van der Waals surface area contributed by atoms with Crippen molar-refractivity contribution in [3.8, 4) is 0 Å². The fourth-order valence-electron chi connectivity index (χ4n) is 6.56. The van der Waals surface area contributed by atoms with E-state index >= 15 is 0 Å². The fraction of sp³-hybridized carbons (Fsp3) is 0.294. The average Bonchev–Trinajstić information content (AvgIpc) is 3.68. The Hall–Kier alpha value is -4.92. The second kappa shape index (κ2) is 10.7. The minimum Gasteiger partial charge on any atom is -0.271 e. The maximum Gasteiger partial charge on any atom is 0.264 e. The topological polar surface area (TPSA) is 98.0 Å². The summed E-state index contributed by atoms with van der Waals surface area (Å²) in [6.45, 7) is 3.90. The van der Waals surface area contributed by atoms with Crippen LogP contribution in [0, 0.1) is 19.8 Å². The highest BCUT2D eigenvalue weighted by Gasteiger charge is 2.55. The Morgan fingerprint density at radius 1 is 0.884 bits per heavy atom. The zero-order valence-corrected chi connectivity index (χ0v) is 24.1. The Kier molecular flexibility index (Phi) is 6.72. The molecule has 3 aliphatic heterocycles. The minimum atomic E-state index is -0.968. The number of aryl methyl sites for hydroxylation is 2. The molecular weight excluding hydrogens is 540 g/mol. The molecule has 0 N–H and O–H groups in total. The van der Waals surface area contributed by atoms with Crippen molar-refractivity contribution in [2.24, 2.45) is 21.4 Å². The standard InChI is InChI=1S/C34H32N6O3/c1-21-11-15-23(16-12-21)19-25-7-6-10-27-29(25)36-40(31(27)24-17-13-22(2)14-18-24)28(41)20-38-32-30(35-37-38)33(42)39(34(32)43)26-8-4-3-5-9-26/h3-5,8-9,11-19,27,30-32H,6-7,10,20H2,1-2H3/b25-19-. The van der Waals surface area contributed by atoms with E-state index in [9.17, 15) is 14.4 Å². The smallest absolute Gasteiger partial charge is 0.264 e. The molecule has 0 radical (unpaired) electrons. The van der Waals surface area contributed by atoms with Gasteiger partial charge in [0.05, 0.1) is 17.4 Å². The van der Waals surface area contributed by atoms with Crippen LogP contribution in [0.5, 0.6) is 0 Å². The van der Waals surface area contributed by atoms with Crippen molar-refractivity contribution in [2.45, 2.75) is 51.2 Å². The average molecular weight is 573 g/mol. The van der Waals surface area contributed by atoms with Gasteiger partial charge in [-0.1, -0.05) is 83.1 Å². The van der Waals surface area contributed by atoms with Crippen LogP contribution in [-0.4, -0.2) is 52.1 Å². The molecular formula is C34H32N6O3. The normalized spacial score (nSPS) is 25.4. The monoisotopic (exact) mass is 572 g/mol. The van der Waals surface area contributed by atoms with Crippen LogP contribution in [0.3, 0.4) is 0 Å². The van der Waals surface area contributed by atoms with E-state index in [0.29, 0.717) is 5.69 Å². The summed E-state index contributed by atoms with van der Waals surface area (Å²) in [7, 11) is 0. The zero-order chi connectivity index (χ0) is 29.7. The van der Waals surface area contributed by atoms with E-state index in [0.717, 1.165) is 52.1 Å². The molecule has 216 valence electrons. The van der Waals surface area contributed by atoms with Gasteiger partial charge in [-0.15, -0.1) is 0 Å². The van der Waals surface area contributed by atoms with Gasteiger partial charge < -0.3 is 0 Å². The molecule has 3 aromatic carbocycles. The fourth-order valence-corrected chi connectivity index (χ4v) is 6.56. The molecule has 4 atom stereocenters. The van der Waals surface area contributed by atoms with Gasteiger partial charge in [0.1, 0.15) is 6.54 Å². The van der Waals surface area contributed by atoms with Crippen LogP contribution >= 0.6 is 0 Å². The lowest BCUT2D eigenvalue weighted by molar-refractivity contribution is -0.136. The van der Waals surface area contributed by atoms with E-state index in [1.165, 1.54) is 10.6 Å².